The molecule has 0 aliphatic carbocycles. The Kier molecular flexibility index (Phi) is 4.62. The third-order valence-corrected chi connectivity index (χ3v) is 3.16. The molecular weight excluding hydrogens is 306 g/mol. The molecular formula is C17H15N5O2. The molecule has 24 heavy (non-hydrogen) atoms. The molecule has 3 rings (SSSR count). The molecule has 1 aromatic carbocycles. The van der Waals surface area contributed by atoms with Gasteiger partial charge in [0.15, 0.2) is 11.5 Å². The van der Waals surface area contributed by atoms with Gasteiger partial charge in [-0.15, -0.1) is 0 Å². The van der Waals surface area contributed by atoms with E-state index in [1.807, 2.05) is 18.2 Å². The predicted molar refractivity (Wildman–Crippen MR) is 89.4 cm³/mol. The number of nitrogens with two attached hydrogens (primary N) is 1. The lowest BCUT2D eigenvalue weighted by atomic mass is 10.2. The Balaban J connectivity index is 1.67. The molecule has 1 amide bonds. The molecule has 0 aliphatic heterocycles. The van der Waals surface area contributed by atoms with Crippen molar-refractivity contribution in [2.45, 2.75) is 6.61 Å². The maximum atomic E-state index is 12.2. The van der Waals surface area contributed by atoms with Crippen molar-refractivity contribution in [1.29, 1.82) is 0 Å². The summed E-state index contributed by atoms with van der Waals surface area (Å²) in [7, 11) is 0. The summed E-state index contributed by atoms with van der Waals surface area (Å²) in [5.41, 5.74) is 7.27. The first-order valence-corrected chi connectivity index (χ1v) is 7.22. The van der Waals surface area contributed by atoms with Gasteiger partial charge in [0.1, 0.15) is 12.4 Å². The van der Waals surface area contributed by atoms with Gasteiger partial charge in [-0.25, -0.2) is 9.97 Å². The van der Waals surface area contributed by atoms with Gasteiger partial charge in [0.05, 0.1) is 0 Å². The molecule has 0 bridgehead atoms. The van der Waals surface area contributed by atoms with Crippen LogP contribution in [0.2, 0.25) is 0 Å². The summed E-state index contributed by atoms with van der Waals surface area (Å²) in [6.07, 6.45) is 6.29. The largest absolute Gasteiger partial charge is 0.489 e. The molecule has 0 fully saturated rings. The van der Waals surface area contributed by atoms with Crippen LogP contribution in [0.1, 0.15) is 16.1 Å². The van der Waals surface area contributed by atoms with E-state index in [4.69, 9.17) is 10.5 Å². The Morgan fingerprint density at radius 2 is 2.00 bits per heavy atom. The molecule has 0 unspecified atom stereocenters. The van der Waals surface area contributed by atoms with Gasteiger partial charge >= 0.3 is 0 Å². The lowest BCUT2D eigenvalue weighted by molar-refractivity contribution is 0.102. The van der Waals surface area contributed by atoms with Crippen molar-refractivity contribution >= 4 is 17.4 Å². The average Bonchev–Trinajstić information content (AvgIpc) is 2.61. The van der Waals surface area contributed by atoms with Crippen LogP contribution in [0.5, 0.6) is 5.75 Å². The van der Waals surface area contributed by atoms with Crippen molar-refractivity contribution in [3.8, 4) is 5.75 Å². The highest BCUT2D eigenvalue weighted by Gasteiger charge is 2.12. The Labute approximate surface area is 138 Å². The Hall–Kier alpha value is -3.48. The standard InChI is InChI=1S/C17H15N5O2/c18-16-15(20-7-8-21-16)17(23)22-13-4-1-5-14(9-13)24-11-12-3-2-6-19-10-12/h1-10H,11H2,(H2,18,21)(H,22,23). The topological polar surface area (TPSA) is 103 Å². The van der Waals surface area contributed by atoms with Crippen molar-refractivity contribution in [2.75, 3.05) is 11.1 Å². The second kappa shape index (κ2) is 7.19. The van der Waals surface area contributed by atoms with Gasteiger partial charge in [-0.3, -0.25) is 9.78 Å². The molecule has 3 aromatic rings. The van der Waals surface area contributed by atoms with E-state index in [-0.39, 0.29) is 11.5 Å². The summed E-state index contributed by atoms with van der Waals surface area (Å²) in [5, 5.41) is 2.72. The lowest BCUT2D eigenvalue weighted by Gasteiger charge is -2.09. The average molecular weight is 321 g/mol. The SMILES string of the molecule is Nc1nccnc1C(=O)Nc1cccc(OCc2cccnc2)c1. The second-order valence-corrected chi connectivity index (χ2v) is 4.92. The number of benzene rings is 1. The van der Waals surface area contributed by atoms with Crippen molar-refractivity contribution in [2.24, 2.45) is 0 Å². The number of hydrogen-bond acceptors (Lipinski definition) is 6. The summed E-state index contributed by atoms with van der Waals surface area (Å²) >= 11 is 0. The first-order valence-electron chi connectivity index (χ1n) is 7.22. The zero-order chi connectivity index (χ0) is 16.8. The monoisotopic (exact) mass is 321 g/mol. The number of anilines is 2. The molecule has 7 heteroatoms. The number of carbonyl (C=O) groups is 1. The number of pyridine rings is 1. The van der Waals surface area contributed by atoms with E-state index in [9.17, 15) is 4.79 Å². The zero-order valence-corrected chi connectivity index (χ0v) is 12.7. The fourth-order valence-electron chi connectivity index (χ4n) is 2.03. The number of ether oxygens (including phenoxy) is 1. The summed E-state index contributed by atoms with van der Waals surface area (Å²) in [6, 6.07) is 10.8. The molecule has 0 atom stereocenters. The smallest absolute Gasteiger partial charge is 0.278 e. The number of rotatable bonds is 5. The Bertz CT molecular complexity index is 839. The number of aromatic nitrogens is 3. The highest BCUT2D eigenvalue weighted by atomic mass is 16.5. The normalized spacial score (nSPS) is 10.2. The minimum atomic E-state index is -0.426. The van der Waals surface area contributed by atoms with Crippen molar-refractivity contribution in [3.63, 3.8) is 0 Å². The van der Waals surface area contributed by atoms with Crippen LogP contribution in [0.15, 0.2) is 61.2 Å². The van der Waals surface area contributed by atoms with Crippen molar-refractivity contribution in [3.05, 3.63) is 72.4 Å². The molecule has 0 spiro atoms. The van der Waals surface area contributed by atoms with Crippen LogP contribution >= 0.6 is 0 Å². The number of nitrogen functional groups attached to an aromatic ring is 1. The van der Waals surface area contributed by atoms with Crippen LogP contribution in [0.4, 0.5) is 11.5 Å². The van der Waals surface area contributed by atoms with E-state index < -0.39 is 5.91 Å². The molecule has 2 aromatic heterocycles. The molecule has 0 saturated carbocycles. The minimum Gasteiger partial charge on any atom is -0.489 e. The maximum absolute atomic E-state index is 12.2. The number of hydrogen-bond donors (Lipinski definition) is 2. The first kappa shape index (κ1) is 15.4. The Morgan fingerprint density at radius 1 is 1.12 bits per heavy atom. The van der Waals surface area contributed by atoms with Crippen LogP contribution in [0, 0.1) is 0 Å². The zero-order valence-electron chi connectivity index (χ0n) is 12.7. The fourth-order valence-corrected chi connectivity index (χ4v) is 2.03. The van der Waals surface area contributed by atoms with Crippen LogP contribution in [0.25, 0.3) is 0 Å². The van der Waals surface area contributed by atoms with E-state index in [1.54, 1.807) is 30.6 Å². The molecule has 7 nitrogen and oxygen atoms in total. The lowest BCUT2D eigenvalue weighted by Crippen LogP contribution is -2.16. The number of carbonyl (C=O) groups excluding carboxylic acids is 1. The predicted octanol–water partition coefficient (Wildman–Crippen LogP) is 2.29. The maximum Gasteiger partial charge on any atom is 0.278 e. The highest BCUT2D eigenvalue weighted by Crippen LogP contribution is 2.19. The van der Waals surface area contributed by atoms with E-state index in [2.05, 4.69) is 20.3 Å². The summed E-state index contributed by atoms with van der Waals surface area (Å²) in [5.74, 6) is 0.285. The molecule has 0 saturated heterocycles. The summed E-state index contributed by atoms with van der Waals surface area (Å²) in [6.45, 7) is 0.391. The van der Waals surface area contributed by atoms with Gasteiger partial charge in [-0.05, 0) is 18.2 Å². The van der Waals surface area contributed by atoms with Crippen molar-refractivity contribution in [1.82, 2.24) is 15.0 Å². The van der Waals surface area contributed by atoms with Crippen molar-refractivity contribution < 1.29 is 9.53 Å². The van der Waals surface area contributed by atoms with E-state index in [1.165, 1.54) is 12.4 Å². The molecule has 120 valence electrons. The van der Waals surface area contributed by atoms with Gasteiger partial charge in [0.2, 0.25) is 0 Å². The summed E-state index contributed by atoms with van der Waals surface area (Å²) in [4.78, 5) is 24.0. The van der Waals surface area contributed by atoms with E-state index in [0.717, 1.165) is 5.56 Å². The molecule has 0 radical (unpaired) electrons. The van der Waals surface area contributed by atoms with Crippen LogP contribution in [-0.2, 0) is 6.61 Å². The Morgan fingerprint density at radius 3 is 2.79 bits per heavy atom. The fraction of sp³-hybridized carbons (Fsp3) is 0.0588. The third-order valence-electron chi connectivity index (χ3n) is 3.16. The summed E-state index contributed by atoms with van der Waals surface area (Å²) < 4.78 is 5.70. The van der Waals surface area contributed by atoms with E-state index in [0.29, 0.717) is 18.0 Å². The third kappa shape index (κ3) is 3.83. The molecule has 2 heterocycles. The first-order chi connectivity index (χ1) is 11.7. The van der Waals surface area contributed by atoms with Gasteiger partial charge in [-0.1, -0.05) is 12.1 Å². The van der Waals surface area contributed by atoms with Gasteiger partial charge in [0, 0.05) is 42.1 Å². The quantitative estimate of drug-likeness (QED) is 0.747. The molecule has 0 aliphatic rings. The number of nitrogens with one attached hydrogen (secondary N) is 1. The van der Waals surface area contributed by atoms with E-state index >= 15 is 0 Å². The number of nitrogens with zero attached hydrogens (tertiary/aromatic N) is 3. The second-order valence-electron chi connectivity index (χ2n) is 4.92. The van der Waals surface area contributed by atoms with Gasteiger partial charge in [0.25, 0.3) is 5.91 Å². The van der Waals surface area contributed by atoms with Crippen LogP contribution in [-0.4, -0.2) is 20.9 Å². The van der Waals surface area contributed by atoms with Crippen LogP contribution < -0.4 is 15.8 Å². The van der Waals surface area contributed by atoms with Gasteiger partial charge < -0.3 is 15.8 Å². The van der Waals surface area contributed by atoms with Crippen LogP contribution in [0.3, 0.4) is 0 Å². The van der Waals surface area contributed by atoms with Gasteiger partial charge in [-0.2, -0.15) is 0 Å². The minimum absolute atomic E-state index is 0.0824. The molecule has 3 N–H and O–H groups in total. The number of amides is 1. The highest BCUT2D eigenvalue weighted by molar-refractivity contribution is 6.05.